The SMILES string of the molecule is CC(=O)CC(=O)Nc1ccc(Br)c(Br)c1. The number of ketones is 1. The van der Waals surface area contributed by atoms with Crippen molar-refractivity contribution in [2.24, 2.45) is 0 Å². The molecule has 80 valence electrons. The second kappa shape index (κ2) is 5.42. The first-order valence-electron chi connectivity index (χ1n) is 4.23. The number of nitrogens with one attached hydrogen (secondary N) is 1. The molecule has 0 bridgehead atoms. The topological polar surface area (TPSA) is 46.2 Å². The zero-order chi connectivity index (χ0) is 11.4. The third kappa shape index (κ3) is 4.13. The smallest absolute Gasteiger partial charge is 0.231 e. The minimum absolute atomic E-state index is 0.0896. The molecule has 1 aromatic rings. The fourth-order valence-electron chi connectivity index (χ4n) is 1.01. The Bertz CT molecular complexity index is 404. The second-order valence-electron chi connectivity index (χ2n) is 3.06. The monoisotopic (exact) mass is 333 g/mol. The van der Waals surface area contributed by atoms with Crippen LogP contribution >= 0.6 is 31.9 Å². The van der Waals surface area contributed by atoms with Crippen molar-refractivity contribution < 1.29 is 9.59 Å². The molecular weight excluding hydrogens is 326 g/mol. The summed E-state index contributed by atoms with van der Waals surface area (Å²) in [5, 5.41) is 2.63. The van der Waals surface area contributed by atoms with E-state index in [0.717, 1.165) is 8.95 Å². The minimum Gasteiger partial charge on any atom is -0.326 e. The zero-order valence-corrected chi connectivity index (χ0v) is 11.2. The average molecular weight is 335 g/mol. The van der Waals surface area contributed by atoms with Crippen molar-refractivity contribution in [1.82, 2.24) is 0 Å². The van der Waals surface area contributed by atoms with Crippen LogP contribution < -0.4 is 5.32 Å². The van der Waals surface area contributed by atoms with E-state index in [-0.39, 0.29) is 18.1 Å². The van der Waals surface area contributed by atoms with E-state index < -0.39 is 0 Å². The van der Waals surface area contributed by atoms with Crippen molar-refractivity contribution in [2.45, 2.75) is 13.3 Å². The Hall–Kier alpha value is -0.680. The summed E-state index contributed by atoms with van der Waals surface area (Å²) in [4.78, 5) is 21.9. The van der Waals surface area contributed by atoms with Gasteiger partial charge in [0.05, 0.1) is 6.42 Å². The largest absolute Gasteiger partial charge is 0.326 e. The van der Waals surface area contributed by atoms with Crippen molar-refractivity contribution in [3.05, 3.63) is 27.1 Å². The molecule has 1 N–H and O–H groups in total. The summed E-state index contributed by atoms with van der Waals surface area (Å²) >= 11 is 6.64. The average Bonchev–Trinajstić information content (AvgIpc) is 2.10. The summed E-state index contributed by atoms with van der Waals surface area (Å²) in [6, 6.07) is 5.34. The molecule has 3 nitrogen and oxygen atoms in total. The Morgan fingerprint density at radius 3 is 2.47 bits per heavy atom. The first kappa shape index (κ1) is 12.4. The highest BCUT2D eigenvalue weighted by Gasteiger charge is 2.06. The van der Waals surface area contributed by atoms with Crippen molar-refractivity contribution in [2.75, 3.05) is 5.32 Å². The fourth-order valence-corrected chi connectivity index (χ4v) is 1.63. The molecule has 0 spiro atoms. The van der Waals surface area contributed by atoms with Gasteiger partial charge in [0.2, 0.25) is 5.91 Å². The first-order valence-corrected chi connectivity index (χ1v) is 5.82. The van der Waals surface area contributed by atoms with Gasteiger partial charge in [-0.25, -0.2) is 0 Å². The lowest BCUT2D eigenvalue weighted by Gasteiger charge is -2.05. The number of benzene rings is 1. The van der Waals surface area contributed by atoms with Crippen LogP contribution in [0.1, 0.15) is 13.3 Å². The second-order valence-corrected chi connectivity index (χ2v) is 4.76. The predicted octanol–water partition coefficient (Wildman–Crippen LogP) is 3.13. The number of anilines is 1. The Labute approximate surface area is 104 Å². The maximum Gasteiger partial charge on any atom is 0.231 e. The quantitative estimate of drug-likeness (QED) is 0.863. The molecule has 0 aromatic heterocycles. The van der Waals surface area contributed by atoms with Crippen LogP contribution in [-0.2, 0) is 9.59 Å². The highest BCUT2D eigenvalue weighted by molar-refractivity contribution is 9.13. The Morgan fingerprint density at radius 2 is 1.93 bits per heavy atom. The van der Waals surface area contributed by atoms with E-state index in [0.29, 0.717) is 5.69 Å². The van der Waals surface area contributed by atoms with Gasteiger partial charge >= 0.3 is 0 Å². The summed E-state index contributed by atoms with van der Waals surface area (Å²) in [5.41, 5.74) is 0.663. The van der Waals surface area contributed by atoms with Gasteiger partial charge in [0.1, 0.15) is 5.78 Å². The molecule has 0 aliphatic rings. The first-order chi connectivity index (χ1) is 6.99. The van der Waals surface area contributed by atoms with Crippen LogP contribution in [-0.4, -0.2) is 11.7 Å². The fraction of sp³-hybridized carbons (Fsp3) is 0.200. The van der Waals surface area contributed by atoms with Crippen LogP contribution in [0.2, 0.25) is 0 Å². The molecule has 5 heteroatoms. The molecule has 0 atom stereocenters. The van der Waals surface area contributed by atoms with Crippen molar-refractivity contribution in [1.29, 1.82) is 0 Å². The molecule has 0 saturated heterocycles. The molecule has 0 saturated carbocycles. The van der Waals surface area contributed by atoms with Crippen molar-refractivity contribution in [3.8, 4) is 0 Å². The predicted molar refractivity (Wildman–Crippen MR) is 65.8 cm³/mol. The summed E-state index contributed by atoms with van der Waals surface area (Å²) in [6.07, 6.45) is -0.0896. The highest BCUT2D eigenvalue weighted by Crippen LogP contribution is 2.25. The van der Waals surface area contributed by atoms with Gasteiger partial charge < -0.3 is 5.32 Å². The van der Waals surface area contributed by atoms with Gasteiger partial charge in [-0.1, -0.05) is 0 Å². The lowest BCUT2D eigenvalue weighted by molar-refractivity contribution is -0.124. The van der Waals surface area contributed by atoms with Gasteiger partial charge in [-0.05, 0) is 57.0 Å². The number of carbonyl (C=O) groups is 2. The Morgan fingerprint density at radius 1 is 1.27 bits per heavy atom. The van der Waals surface area contributed by atoms with Gasteiger partial charge in [0.25, 0.3) is 0 Å². The molecule has 1 amide bonds. The van der Waals surface area contributed by atoms with E-state index in [1.54, 1.807) is 12.1 Å². The summed E-state index contributed by atoms with van der Waals surface area (Å²) < 4.78 is 1.76. The number of Topliss-reactive ketones (excluding diaryl/α,β-unsaturated/α-hetero) is 1. The van der Waals surface area contributed by atoms with E-state index in [1.165, 1.54) is 6.92 Å². The van der Waals surface area contributed by atoms with Gasteiger partial charge in [-0.3, -0.25) is 9.59 Å². The molecule has 0 aliphatic heterocycles. The number of carbonyl (C=O) groups excluding carboxylic acids is 2. The third-order valence-electron chi connectivity index (χ3n) is 1.61. The molecule has 1 rings (SSSR count). The zero-order valence-electron chi connectivity index (χ0n) is 8.01. The molecule has 0 unspecified atom stereocenters. The lowest BCUT2D eigenvalue weighted by Crippen LogP contribution is -2.14. The summed E-state index contributed by atoms with van der Waals surface area (Å²) in [7, 11) is 0. The standard InChI is InChI=1S/C10H9Br2NO2/c1-6(14)4-10(15)13-7-2-3-8(11)9(12)5-7/h2-3,5H,4H2,1H3,(H,13,15). The van der Waals surface area contributed by atoms with Gasteiger partial charge in [0, 0.05) is 14.6 Å². The molecular formula is C10H9Br2NO2. The van der Waals surface area contributed by atoms with E-state index in [4.69, 9.17) is 0 Å². The van der Waals surface area contributed by atoms with Crippen LogP contribution in [0.25, 0.3) is 0 Å². The number of hydrogen-bond donors (Lipinski definition) is 1. The molecule has 15 heavy (non-hydrogen) atoms. The molecule has 0 fully saturated rings. The van der Waals surface area contributed by atoms with E-state index in [2.05, 4.69) is 37.2 Å². The maximum absolute atomic E-state index is 11.3. The number of rotatable bonds is 3. The Balaban J connectivity index is 2.69. The van der Waals surface area contributed by atoms with E-state index in [1.807, 2.05) is 6.07 Å². The molecule has 0 radical (unpaired) electrons. The normalized spacial score (nSPS) is 9.80. The van der Waals surface area contributed by atoms with Crippen LogP contribution in [0.15, 0.2) is 27.1 Å². The number of hydrogen-bond acceptors (Lipinski definition) is 2. The highest BCUT2D eigenvalue weighted by atomic mass is 79.9. The lowest BCUT2D eigenvalue weighted by atomic mass is 10.2. The molecule has 0 heterocycles. The van der Waals surface area contributed by atoms with Crippen LogP contribution in [0.3, 0.4) is 0 Å². The molecule has 1 aromatic carbocycles. The minimum atomic E-state index is -0.295. The Kier molecular flexibility index (Phi) is 4.47. The van der Waals surface area contributed by atoms with Gasteiger partial charge in [0.15, 0.2) is 0 Å². The number of halogens is 2. The summed E-state index contributed by atoms with van der Waals surface area (Å²) in [6.45, 7) is 1.39. The van der Waals surface area contributed by atoms with Gasteiger partial charge in [-0.15, -0.1) is 0 Å². The van der Waals surface area contributed by atoms with Gasteiger partial charge in [-0.2, -0.15) is 0 Å². The third-order valence-corrected chi connectivity index (χ3v) is 3.49. The van der Waals surface area contributed by atoms with Crippen LogP contribution in [0, 0.1) is 0 Å². The summed E-state index contributed by atoms with van der Waals surface area (Å²) in [5.74, 6) is -0.444. The van der Waals surface area contributed by atoms with E-state index >= 15 is 0 Å². The van der Waals surface area contributed by atoms with Crippen LogP contribution in [0.5, 0.6) is 0 Å². The number of amides is 1. The van der Waals surface area contributed by atoms with Crippen molar-refractivity contribution in [3.63, 3.8) is 0 Å². The van der Waals surface area contributed by atoms with E-state index in [9.17, 15) is 9.59 Å². The van der Waals surface area contributed by atoms with Crippen molar-refractivity contribution >= 4 is 49.2 Å². The van der Waals surface area contributed by atoms with Crippen LogP contribution in [0.4, 0.5) is 5.69 Å². The maximum atomic E-state index is 11.3. The molecule has 0 aliphatic carbocycles.